The van der Waals surface area contributed by atoms with E-state index in [4.69, 9.17) is 23.2 Å². The minimum Gasteiger partial charge on any atom is -0.354 e. The van der Waals surface area contributed by atoms with E-state index in [-0.39, 0.29) is 17.3 Å². The van der Waals surface area contributed by atoms with Gasteiger partial charge in [0, 0.05) is 22.3 Å². The predicted octanol–water partition coefficient (Wildman–Crippen LogP) is 5.94. The number of nitrogens with one attached hydrogen (secondary N) is 1. The fourth-order valence-corrected chi connectivity index (χ4v) is 5.71. The number of rotatable bonds is 11. The van der Waals surface area contributed by atoms with Gasteiger partial charge >= 0.3 is 0 Å². The normalized spacial score (nSPS) is 11.3. The summed E-state index contributed by atoms with van der Waals surface area (Å²) in [7, 11) is -3.94. The summed E-state index contributed by atoms with van der Waals surface area (Å²) in [6.45, 7) is 2.02. The van der Waals surface area contributed by atoms with E-state index in [1.807, 2.05) is 31.2 Å². The van der Waals surface area contributed by atoms with Gasteiger partial charge in [-0.25, -0.2) is 8.42 Å². The lowest BCUT2D eigenvalue weighted by atomic mass is 10.2. The average Bonchev–Trinajstić information content (AvgIpc) is 2.82. The Balaban J connectivity index is 1.57. The summed E-state index contributed by atoms with van der Waals surface area (Å²) in [5, 5.41) is 4.03. The van der Waals surface area contributed by atoms with Gasteiger partial charge in [-0.2, -0.15) is 11.8 Å². The summed E-state index contributed by atoms with van der Waals surface area (Å²) in [5.74, 6) is 1.36. The monoisotopic (exact) mass is 536 g/mol. The zero-order valence-electron chi connectivity index (χ0n) is 18.7. The van der Waals surface area contributed by atoms with Crippen LogP contribution in [0.15, 0.2) is 77.7 Å². The maximum atomic E-state index is 13.3. The van der Waals surface area contributed by atoms with Gasteiger partial charge in [-0.05, 0) is 73.2 Å². The molecule has 0 radical (unpaired) electrons. The molecule has 3 rings (SSSR count). The van der Waals surface area contributed by atoms with Crippen molar-refractivity contribution >= 4 is 56.6 Å². The first-order valence-corrected chi connectivity index (χ1v) is 14.0. The van der Waals surface area contributed by atoms with E-state index in [0.717, 1.165) is 27.8 Å². The first-order valence-electron chi connectivity index (χ1n) is 10.7. The summed E-state index contributed by atoms with van der Waals surface area (Å²) in [6, 6.07) is 20.7. The first-order chi connectivity index (χ1) is 16.3. The van der Waals surface area contributed by atoms with Crippen LogP contribution in [-0.4, -0.2) is 33.2 Å². The number of carbonyl (C=O) groups excluding carboxylic acids is 1. The number of halogens is 2. The molecule has 0 aliphatic heterocycles. The molecule has 0 aliphatic carbocycles. The molecule has 9 heteroatoms. The molecule has 0 fully saturated rings. The van der Waals surface area contributed by atoms with E-state index in [1.165, 1.54) is 5.56 Å². The van der Waals surface area contributed by atoms with Gasteiger partial charge in [-0.3, -0.25) is 9.10 Å². The Labute approximate surface area is 215 Å². The smallest absolute Gasteiger partial charge is 0.264 e. The van der Waals surface area contributed by atoms with Crippen molar-refractivity contribution in [3.8, 4) is 0 Å². The highest BCUT2D eigenvalue weighted by atomic mass is 35.5. The van der Waals surface area contributed by atoms with Crippen molar-refractivity contribution < 1.29 is 13.2 Å². The molecule has 0 aliphatic rings. The molecule has 3 aromatic rings. The van der Waals surface area contributed by atoms with Gasteiger partial charge in [-0.1, -0.05) is 53.0 Å². The van der Waals surface area contributed by atoms with Crippen LogP contribution in [0.2, 0.25) is 10.0 Å². The Morgan fingerprint density at radius 3 is 2.12 bits per heavy atom. The number of anilines is 1. The molecule has 34 heavy (non-hydrogen) atoms. The number of thioether (sulfide) groups is 1. The van der Waals surface area contributed by atoms with Gasteiger partial charge in [0.1, 0.15) is 6.54 Å². The molecule has 1 N–H and O–H groups in total. The Hall–Kier alpha value is -2.19. The molecule has 0 saturated heterocycles. The number of amides is 1. The van der Waals surface area contributed by atoms with Crippen LogP contribution in [0.1, 0.15) is 17.5 Å². The minimum absolute atomic E-state index is 0.124. The van der Waals surface area contributed by atoms with E-state index in [1.54, 1.807) is 60.3 Å². The summed E-state index contributed by atoms with van der Waals surface area (Å²) in [6.07, 6.45) is 0.773. The fraction of sp³-hybridized carbons (Fsp3) is 0.240. The highest BCUT2D eigenvalue weighted by Gasteiger charge is 2.27. The molecule has 0 spiro atoms. The Bertz CT molecular complexity index is 1180. The minimum atomic E-state index is -3.94. The number of nitrogens with zero attached hydrogens (tertiary/aromatic N) is 1. The van der Waals surface area contributed by atoms with Gasteiger partial charge in [0.05, 0.1) is 10.6 Å². The van der Waals surface area contributed by atoms with Crippen molar-refractivity contribution in [2.24, 2.45) is 0 Å². The van der Waals surface area contributed by atoms with Gasteiger partial charge in [0.15, 0.2) is 0 Å². The van der Waals surface area contributed by atoms with E-state index in [9.17, 15) is 13.2 Å². The van der Waals surface area contributed by atoms with Crippen LogP contribution in [0, 0.1) is 6.92 Å². The van der Waals surface area contributed by atoms with Gasteiger partial charge < -0.3 is 5.32 Å². The highest BCUT2D eigenvalue weighted by molar-refractivity contribution is 7.98. The lowest BCUT2D eigenvalue weighted by Gasteiger charge is -2.24. The van der Waals surface area contributed by atoms with Crippen LogP contribution in [-0.2, 0) is 20.6 Å². The summed E-state index contributed by atoms with van der Waals surface area (Å²) < 4.78 is 27.8. The van der Waals surface area contributed by atoms with Crippen LogP contribution in [0.25, 0.3) is 0 Å². The summed E-state index contributed by atoms with van der Waals surface area (Å²) in [4.78, 5) is 12.8. The van der Waals surface area contributed by atoms with Gasteiger partial charge in [0.2, 0.25) is 5.91 Å². The van der Waals surface area contributed by atoms with Gasteiger partial charge in [0.25, 0.3) is 10.0 Å². The Morgan fingerprint density at radius 1 is 0.912 bits per heavy atom. The van der Waals surface area contributed by atoms with Crippen LogP contribution < -0.4 is 9.62 Å². The third kappa shape index (κ3) is 7.67. The third-order valence-corrected chi connectivity index (χ3v) is 8.39. The molecule has 0 aromatic heterocycles. The number of aryl methyl sites for hydroxylation is 1. The number of carbonyl (C=O) groups is 1. The maximum Gasteiger partial charge on any atom is 0.264 e. The molecule has 0 saturated carbocycles. The van der Waals surface area contributed by atoms with Crippen LogP contribution >= 0.6 is 35.0 Å². The van der Waals surface area contributed by atoms with Crippen LogP contribution in [0.4, 0.5) is 5.69 Å². The Kier molecular flexibility index (Phi) is 9.71. The maximum absolute atomic E-state index is 13.3. The van der Waals surface area contributed by atoms with Crippen molar-refractivity contribution in [3.63, 3.8) is 0 Å². The highest BCUT2D eigenvalue weighted by Crippen LogP contribution is 2.25. The second kappa shape index (κ2) is 12.5. The van der Waals surface area contributed by atoms with E-state index in [0.29, 0.717) is 22.3 Å². The van der Waals surface area contributed by atoms with Crippen LogP contribution in [0.5, 0.6) is 0 Å². The number of benzene rings is 3. The first kappa shape index (κ1) is 26.4. The Morgan fingerprint density at radius 2 is 1.50 bits per heavy atom. The average molecular weight is 538 g/mol. The molecular formula is C25H26Cl2N2O3S2. The molecule has 0 heterocycles. The second-order valence-corrected chi connectivity index (χ2v) is 11.5. The zero-order chi connectivity index (χ0) is 24.6. The standard InChI is InChI=1S/C25H26Cl2N2O3S2/c1-19-3-13-24(14-4-19)34(31,32)29(23-11-9-22(27)10-12-23)17-25(30)28-15-2-16-33-18-20-5-7-21(26)8-6-20/h3-14H,2,15-18H2,1H3,(H,28,30). The topological polar surface area (TPSA) is 66.5 Å². The van der Waals surface area contributed by atoms with Crippen LogP contribution in [0.3, 0.4) is 0 Å². The summed E-state index contributed by atoms with van der Waals surface area (Å²) in [5.41, 5.74) is 2.51. The van der Waals surface area contributed by atoms with Crippen molar-refractivity contribution in [2.75, 3.05) is 23.1 Å². The number of hydrogen-bond acceptors (Lipinski definition) is 4. The number of hydrogen-bond donors (Lipinski definition) is 1. The lowest BCUT2D eigenvalue weighted by molar-refractivity contribution is -0.119. The molecule has 0 atom stereocenters. The molecule has 0 bridgehead atoms. The molecule has 5 nitrogen and oxygen atoms in total. The third-order valence-electron chi connectivity index (χ3n) is 4.98. The van der Waals surface area contributed by atoms with Crippen molar-refractivity contribution in [2.45, 2.75) is 24.0 Å². The fourth-order valence-electron chi connectivity index (χ4n) is 3.12. The van der Waals surface area contributed by atoms with Gasteiger partial charge in [-0.15, -0.1) is 0 Å². The molecule has 1 amide bonds. The molecule has 3 aromatic carbocycles. The largest absolute Gasteiger partial charge is 0.354 e. The molecule has 0 unspecified atom stereocenters. The second-order valence-electron chi connectivity index (χ2n) is 7.68. The number of sulfonamides is 1. The quantitative estimate of drug-likeness (QED) is 0.308. The van der Waals surface area contributed by atoms with E-state index >= 15 is 0 Å². The summed E-state index contributed by atoms with van der Waals surface area (Å²) >= 11 is 13.6. The van der Waals surface area contributed by atoms with E-state index in [2.05, 4.69) is 5.32 Å². The molecular weight excluding hydrogens is 511 g/mol. The van der Waals surface area contributed by atoms with Crippen molar-refractivity contribution in [1.29, 1.82) is 0 Å². The zero-order valence-corrected chi connectivity index (χ0v) is 21.9. The van der Waals surface area contributed by atoms with Crippen molar-refractivity contribution in [3.05, 3.63) is 94.0 Å². The SMILES string of the molecule is Cc1ccc(S(=O)(=O)N(CC(=O)NCCCSCc2ccc(Cl)cc2)c2ccc(Cl)cc2)cc1. The van der Waals surface area contributed by atoms with Crippen molar-refractivity contribution in [1.82, 2.24) is 5.32 Å². The predicted molar refractivity (Wildman–Crippen MR) is 142 cm³/mol. The van der Waals surface area contributed by atoms with E-state index < -0.39 is 10.0 Å². The molecule has 180 valence electrons. The lowest BCUT2D eigenvalue weighted by Crippen LogP contribution is -2.41.